The van der Waals surface area contributed by atoms with Gasteiger partial charge in [-0.2, -0.15) is 13.2 Å². The molecule has 45 heavy (non-hydrogen) atoms. The van der Waals surface area contributed by atoms with Gasteiger partial charge in [-0.05, 0) is 79.3 Å². The first-order valence-corrected chi connectivity index (χ1v) is 16.7. The molecule has 9 nitrogen and oxygen atoms in total. The maximum Gasteiger partial charge on any atom is 0.490 e. The summed E-state index contributed by atoms with van der Waals surface area (Å²) in [6.07, 6.45) is 3.98. The summed E-state index contributed by atoms with van der Waals surface area (Å²) in [6.45, 7) is 2.67. The van der Waals surface area contributed by atoms with Gasteiger partial charge in [0.05, 0.1) is 16.8 Å². The van der Waals surface area contributed by atoms with Crippen LogP contribution in [0.1, 0.15) is 79.3 Å². The van der Waals surface area contributed by atoms with Crippen LogP contribution in [0.2, 0.25) is 0 Å². The van der Waals surface area contributed by atoms with Crippen LogP contribution in [0, 0.1) is 5.92 Å². The third-order valence-electron chi connectivity index (χ3n) is 8.71. The van der Waals surface area contributed by atoms with Crippen LogP contribution in [0.25, 0.3) is 22.0 Å². The highest BCUT2D eigenvalue weighted by Gasteiger charge is 2.38. The molecule has 0 atom stereocenters. The van der Waals surface area contributed by atoms with Crippen molar-refractivity contribution in [1.29, 1.82) is 0 Å². The van der Waals surface area contributed by atoms with Gasteiger partial charge in [-0.1, -0.05) is 37.1 Å². The summed E-state index contributed by atoms with van der Waals surface area (Å²) in [5.74, 6) is -2.33. The molecule has 0 spiro atoms. The van der Waals surface area contributed by atoms with E-state index in [2.05, 4.69) is 23.2 Å². The van der Waals surface area contributed by atoms with Crippen molar-refractivity contribution in [3.63, 3.8) is 0 Å². The number of nitrogens with two attached hydrogens (primary N) is 1. The molecule has 1 amide bonds. The summed E-state index contributed by atoms with van der Waals surface area (Å²) < 4.78 is 57.9. The van der Waals surface area contributed by atoms with E-state index in [1.807, 2.05) is 24.4 Å². The summed E-state index contributed by atoms with van der Waals surface area (Å²) in [6, 6.07) is 12.1. The van der Waals surface area contributed by atoms with E-state index in [4.69, 9.17) is 15.6 Å². The predicted octanol–water partition coefficient (Wildman–Crippen LogP) is 5.79. The third kappa shape index (κ3) is 8.31. The molecule has 2 aromatic carbocycles. The Labute approximate surface area is 260 Å². The van der Waals surface area contributed by atoms with E-state index < -0.39 is 28.1 Å². The van der Waals surface area contributed by atoms with Crippen LogP contribution < -0.4 is 5.73 Å². The first-order chi connectivity index (χ1) is 21.2. The lowest BCUT2D eigenvalue weighted by molar-refractivity contribution is -0.192. The van der Waals surface area contributed by atoms with Gasteiger partial charge in [0.1, 0.15) is 5.78 Å². The SMILES string of the molecule is CCS(=O)(=O)N1CCC(c2c[nH]c3c(C(N)=O)cc(-c4cccc(CCC(=O)C5CCCC5)c4)cc23)CC1.O=C(O)C(F)(F)F. The van der Waals surface area contributed by atoms with Gasteiger partial charge in [-0.25, -0.2) is 17.5 Å². The number of nitrogens with zero attached hydrogens (tertiary/aromatic N) is 1. The second-order valence-corrected chi connectivity index (χ2v) is 13.8. The van der Waals surface area contributed by atoms with E-state index in [1.54, 1.807) is 11.2 Å². The summed E-state index contributed by atoms with van der Waals surface area (Å²) >= 11 is 0. The minimum Gasteiger partial charge on any atom is -0.475 e. The van der Waals surface area contributed by atoms with Gasteiger partial charge in [-0.3, -0.25) is 9.59 Å². The number of rotatable bonds is 9. The minimum atomic E-state index is -5.08. The molecule has 2 aliphatic rings. The number of ketones is 1. The molecule has 1 aliphatic heterocycles. The number of aliphatic carboxylic acids is 1. The number of halogens is 3. The lowest BCUT2D eigenvalue weighted by Gasteiger charge is -2.31. The predicted molar refractivity (Wildman–Crippen MR) is 164 cm³/mol. The number of aryl methyl sites for hydroxylation is 1. The molecule has 0 bridgehead atoms. The highest BCUT2D eigenvalue weighted by Crippen LogP contribution is 2.37. The molecule has 1 saturated carbocycles. The molecule has 244 valence electrons. The first kappa shape index (κ1) is 34.2. The molecular weight excluding hydrogens is 611 g/mol. The second kappa shape index (κ2) is 14.2. The molecule has 0 unspecified atom stereocenters. The summed E-state index contributed by atoms with van der Waals surface area (Å²) in [5, 5.41) is 8.08. The van der Waals surface area contributed by atoms with Crippen LogP contribution in [0.4, 0.5) is 13.2 Å². The van der Waals surface area contributed by atoms with Crippen molar-refractivity contribution in [2.45, 2.75) is 70.4 Å². The number of carbonyl (C=O) groups excluding carboxylic acids is 2. The van der Waals surface area contributed by atoms with Crippen LogP contribution in [0.15, 0.2) is 42.6 Å². The average Bonchev–Trinajstić information content (AvgIpc) is 3.70. The number of carboxylic acids is 1. The van der Waals surface area contributed by atoms with Crippen molar-refractivity contribution in [2.75, 3.05) is 18.8 Å². The number of primary amides is 1. The van der Waals surface area contributed by atoms with Crippen molar-refractivity contribution in [3.8, 4) is 11.1 Å². The monoisotopic (exact) mass is 649 g/mol. The third-order valence-corrected chi connectivity index (χ3v) is 10.6. The highest BCUT2D eigenvalue weighted by molar-refractivity contribution is 7.89. The number of amides is 1. The van der Waals surface area contributed by atoms with Crippen molar-refractivity contribution in [1.82, 2.24) is 9.29 Å². The summed E-state index contributed by atoms with van der Waals surface area (Å²) in [7, 11) is -3.19. The normalized spacial score (nSPS) is 16.8. The Balaban J connectivity index is 0.000000591. The Kier molecular flexibility index (Phi) is 10.7. The van der Waals surface area contributed by atoms with Gasteiger partial charge in [-0.15, -0.1) is 0 Å². The molecule has 2 fully saturated rings. The number of piperidine rings is 1. The molecule has 0 radical (unpaired) electrons. The van der Waals surface area contributed by atoms with Crippen LogP contribution >= 0.6 is 0 Å². The number of sulfonamides is 1. The number of alkyl halides is 3. The number of hydrogen-bond acceptors (Lipinski definition) is 5. The molecule has 1 aliphatic carbocycles. The van der Waals surface area contributed by atoms with E-state index in [9.17, 15) is 31.2 Å². The van der Waals surface area contributed by atoms with E-state index in [-0.39, 0.29) is 17.6 Å². The smallest absolute Gasteiger partial charge is 0.475 e. The Morgan fingerprint density at radius 3 is 2.24 bits per heavy atom. The lowest BCUT2D eigenvalue weighted by Crippen LogP contribution is -2.38. The Morgan fingerprint density at radius 1 is 1.02 bits per heavy atom. The molecule has 1 aromatic heterocycles. The standard InChI is InChI=1S/C30H37N3O4S.C2HF3O2/c1-2-38(36,37)33-14-12-21(13-15-33)27-19-32-29-25(27)17-24(18-26(29)30(31)35)23-9-5-6-20(16-23)10-11-28(34)22-7-3-4-8-22;3-2(4,5)1(6)7/h5-6,9,16-19,21-22,32H,2-4,7-8,10-15H2,1H3,(H2,31,35);(H,6,7). The molecular formula is C32H38F3N3O6S. The van der Waals surface area contributed by atoms with Gasteiger partial charge in [0.2, 0.25) is 10.0 Å². The molecule has 5 rings (SSSR count). The van der Waals surface area contributed by atoms with Crippen molar-refractivity contribution in [2.24, 2.45) is 11.7 Å². The molecule has 1 saturated heterocycles. The minimum absolute atomic E-state index is 0.115. The van der Waals surface area contributed by atoms with Crippen LogP contribution in [-0.2, 0) is 26.0 Å². The first-order valence-electron chi connectivity index (χ1n) is 15.1. The quantitative estimate of drug-likeness (QED) is 0.267. The summed E-state index contributed by atoms with van der Waals surface area (Å²) in [5.41, 5.74) is 11.0. The zero-order chi connectivity index (χ0) is 32.9. The Bertz CT molecular complexity index is 1650. The number of carboxylic acid groups (broad SMARTS) is 1. The van der Waals surface area contributed by atoms with Gasteiger partial charge >= 0.3 is 12.1 Å². The largest absolute Gasteiger partial charge is 0.490 e. The van der Waals surface area contributed by atoms with Gasteiger partial charge in [0.25, 0.3) is 5.91 Å². The average molecular weight is 650 g/mol. The number of benzene rings is 2. The number of Topliss-reactive ketones (excluding diaryl/α,β-unsaturated/α-hetero) is 1. The van der Waals surface area contributed by atoms with E-state index in [0.717, 1.165) is 71.7 Å². The molecule has 13 heteroatoms. The fraction of sp³-hybridized carbons (Fsp3) is 0.469. The molecule has 3 aromatic rings. The second-order valence-electron chi connectivity index (χ2n) is 11.6. The highest BCUT2D eigenvalue weighted by atomic mass is 32.2. The number of fused-ring (bicyclic) bond motifs is 1. The number of hydrogen-bond donors (Lipinski definition) is 3. The van der Waals surface area contributed by atoms with Crippen LogP contribution in [0.5, 0.6) is 0 Å². The van der Waals surface area contributed by atoms with Gasteiger partial charge in [0.15, 0.2) is 0 Å². The van der Waals surface area contributed by atoms with Gasteiger partial charge < -0.3 is 15.8 Å². The summed E-state index contributed by atoms with van der Waals surface area (Å²) in [4.78, 5) is 37.2. The number of H-pyrrole nitrogens is 1. The zero-order valence-electron chi connectivity index (χ0n) is 25.0. The number of carbonyl (C=O) groups is 3. The van der Waals surface area contributed by atoms with E-state index >= 15 is 0 Å². The molecule has 4 N–H and O–H groups in total. The maximum atomic E-state index is 12.6. The van der Waals surface area contributed by atoms with Crippen molar-refractivity contribution in [3.05, 3.63) is 59.3 Å². The van der Waals surface area contributed by atoms with Crippen molar-refractivity contribution < 1.29 is 41.1 Å². The van der Waals surface area contributed by atoms with Crippen LogP contribution in [-0.4, -0.2) is 65.5 Å². The van der Waals surface area contributed by atoms with E-state index in [1.165, 1.54) is 0 Å². The molecule has 2 heterocycles. The topological polar surface area (TPSA) is 151 Å². The maximum absolute atomic E-state index is 12.6. The van der Waals surface area contributed by atoms with E-state index in [0.29, 0.717) is 37.3 Å². The fourth-order valence-corrected chi connectivity index (χ4v) is 7.34. The lowest BCUT2D eigenvalue weighted by atomic mass is 9.88. The van der Waals surface area contributed by atoms with Gasteiger partial charge in [0, 0.05) is 37.0 Å². The Hall–Kier alpha value is -3.71. The number of nitrogens with one attached hydrogen (secondary N) is 1. The fourth-order valence-electron chi connectivity index (χ4n) is 6.21. The number of aromatic amines is 1. The zero-order valence-corrected chi connectivity index (χ0v) is 25.8. The van der Waals surface area contributed by atoms with Crippen molar-refractivity contribution >= 4 is 38.6 Å². The number of aromatic nitrogens is 1. The Morgan fingerprint density at radius 2 is 1.67 bits per heavy atom. The van der Waals surface area contributed by atoms with Crippen LogP contribution in [0.3, 0.4) is 0 Å².